The fourth-order valence-corrected chi connectivity index (χ4v) is 3.44. The zero-order valence-corrected chi connectivity index (χ0v) is 11.8. The summed E-state index contributed by atoms with van der Waals surface area (Å²) < 4.78 is 0. The highest BCUT2D eigenvalue weighted by molar-refractivity contribution is 4.91. The molecule has 2 heterocycles. The lowest BCUT2D eigenvalue weighted by molar-refractivity contribution is 0.157. The van der Waals surface area contributed by atoms with Gasteiger partial charge >= 0.3 is 0 Å². The molecule has 3 heteroatoms. The van der Waals surface area contributed by atoms with E-state index in [2.05, 4.69) is 36.1 Å². The Bertz CT molecular complexity index is 228. The Kier molecular flexibility index (Phi) is 4.45. The van der Waals surface area contributed by atoms with Crippen LogP contribution in [0.4, 0.5) is 0 Å². The Morgan fingerprint density at radius 1 is 1.35 bits per heavy atom. The molecule has 0 saturated carbocycles. The van der Waals surface area contributed by atoms with Crippen LogP contribution in [0.1, 0.15) is 32.6 Å². The fourth-order valence-electron chi connectivity index (χ4n) is 3.44. The molecular weight excluding hydrogens is 210 g/mol. The molecule has 0 spiro atoms. The number of likely N-dealkylation sites (N-methyl/N-ethyl adjacent to an activating group) is 1. The predicted octanol–water partition coefficient (Wildman–Crippen LogP) is 1.40. The van der Waals surface area contributed by atoms with Gasteiger partial charge in [-0.2, -0.15) is 0 Å². The zero-order valence-electron chi connectivity index (χ0n) is 11.8. The van der Waals surface area contributed by atoms with Crippen LogP contribution in [0.5, 0.6) is 0 Å². The molecule has 2 aliphatic rings. The van der Waals surface area contributed by atoms with Gasteiger partial charge in [0, 0.05) is 18.6 Å². The smallest absolute Gasteiger partial charge is 0.0280 e. The number of likely N-dealkylation sites (tertiary alicyclic amines) is 1. The molecule has 0 aromatic heterocycles. The zero-order chi connectivity index (χ0) is 12.3. The largest absolute Gasteiger partial charge is 0.310 e. The lowest BCUT2D eigenvalue weighted by atomic mass is 9.95. The molecule has 1 N–H and O–H groups in total. The summed E-state index contributed by atoms with van der Waals surface area (Å²) >= 11 is 0. The van der Waals surface area contributed by atoms with E-state index in [1.807, 2.05) is 0 Å². The Hall–Kier alpha value is -0.120. The van der Waals surface area contributed by atoms with Crippen molar-refractivity contribution in [3.63, 3.8) is 0 Å². The first-order valence-corrected chi connectivity index (χ1v) is 7.19. The number of rotatable bonds is 4. The Labute approximate surface area is 107 Å². The van der Waals surface area contributed by atoms with Crippen LogP contribution < -0.4 is 5.32 Å². The highest BCUT2D eigenvalue weighted by atomic mass is 15.2. The van der Waals surface area contributed by atoms with Crippen molar-refractivity contribution in [3.05, 3.63) is 0 Å². The SMILES string of the molecule is CN1CCC(CN(C)CC2(C)CCCN2)CC1. The summed E-state index contributed by atoms with van der Waals surface area (Å²) in [4.78, 5) is 5.00. The maximum Gasteiger partial charge on any atom is 0.0280 e. The van der Waals surface area contributed by atoms with Crippen LogP contribution in [-0.2, 0) is 0 Å². The van der Waals surface area contributed by atoms with Crippen LogP contribution in [0.15, 0.2) is 0 Å². The van der Waals surface area contributed by atoms with E-state index >= 15 is 0 Å². The first-order valence-electron chi connectivity index (χ1n) is 7.19. The van der Waals surface area contributed by atoms with Gasteiger partial charge in [0.05, 0.1) is 0 Å². The van der Waals surface area contributed by atoms with Crippen LogP contribution in [0.25, 0.3) is 0 Å². The first kappa shape index (κ1) is 13.3. The molecule has 1 atom stereocenters. The molecule has 2 aliphatic heterocycles. The molecule has 2 rings (SSSR count). The van der Waals surface area contributed by atoms with Gasteiger partial charge in [-0.3, -0.25) is 0 Å². The highest BCUT2D eigenvalue weighted by Crippen LogP contribution is 2.21. The molecule has 17 heavy (non-hydrogen) atoms. The summed E-state index contributed by atoms with van der Waals surface area (Å²) in [7, 11) is 4.53. The van der Waals surface area contributed by atoms with E-state index in [9.17, 15) is 0 Å². The maximum absolute atomic E-state index is 3.66. The minimum absolute atomic E-state index is 0.375. The van der Waals surface area contributed by atoms with Gasteiger partial charge < -0.3 is 15.1 Å². The van der Waals surface area contributed by atoms with E-state index in [-0.39, 0.29) is 0 Å². The summed E-state index contributed by atoms with van der Waals surface area (Å²) in [6.07, 6.45) is 5.44. The second kappa shape index (κ2) is 5.68. The molecule has 2 saturated heterocycles. The van der Waals surface area contributed by atoms with Crippen molar-refractivity contribution in [1.29, 1.82) is 0 Å². The second-order valence-corrected chi connectivity index (χ2v) is 6.53. The van der Waals surface area contributed by atoms with Gasteiger partial charge in [0.25, 0.3) is 0 Å². The maximum atomic E-state index is 3.66. The van der Waals surface area contributed by atoms with E-state index in [4.69, 9.17) is 0 Å². The Morgan fingerprint density at radius 2 is 2.06 bits per heavy atom. The molecule has 0 bridgehead atoms. The lowest BCUT2D eigenvalue weighted by Crippen LogP contribution is -2.48. The minimum Gasteiger partial charge on any atom is -0.310 e. The quantitative estimate of drug-likeness (QED) is 0.800. The van der Waals surface area contributed by atoms with E-state index < -0.39 is 0 Å². The standard InChI is InChI=1S/C14H29N3/c1-14(7-4-8-15-14)12-17(3)11-13-5-9-16(2)10-6-13/h13,15H,4-12H2,1-3H3. The van der Waals surface area contributed by atoms with E-state index in [0.717, 1.165) is 5.92 Å². The number of hydrogen-bond donors (Lipinski definition) is 1. The number of nitrogens with zero attached hydrogens (tertiary/aromatic N) is 2. The van der Waals surface area contributed by atoms with Crippen molar-refractivity contribution in [2.45, 2.75) is 38.1 Å². The second-order valence-electron chi connectivity index (χ2n) is 6.53. The average Bonchev–Trinajstić information content (AvgIpc) is 2.68. The lowest BCUT2D eigenvalue weighted by Gasteiger charge is -2.35. The molecule has 0 aromatic carbocycles. The van der Waals surface area contributed by atoms with E-state index in [1.165, 1.54) is 58.4 Å². The van der Waals surface area contributed by atoms with Gasteiger partial charge in [-0.15, -0.1) is 0 Å². The van der Waals surface area contributed by atoms with Crippen molar-refractivity contribution in [2.75, 3.05) is 46.8 Å². The third-order valence-corrected chi connectivity index (χ3v) is 4.48. The number of hydrogen-bond acceptors (Lipinski definition) is 3. The third-order valence-electron chi connectivity index (χ3n) is 4.48. The molecule has 2 fully saturated rings. The van der Waals surface area contributed by atoms with Gasteiger partial charge in [0.1, 0.15) is 0 Å². The van der Waals surface area contributed by atoms with Gasteiger partial charge in [-0.05, 0) is 72.3 Å². The van der Waals surface area contributed by atoms with Crippen molar-refractivity contribution in [3.8, 4) is 0 Å². The molecule has 0 aliphatic carbocycles. The predicted molar refractivity (Wildman–Crippen MR) is 73.4 cm³/mol. The normalized spacial score (nSPS) is 32.5. The molecular formula is C14H29N3. The molecule has 100 valence electrons. The van der Waals surface area contributed by atoms with Crippen LogP contribution in [-0.4, -0.2) is 62.2 Å². The minimum atomic E-state index is 0.375. The summed E-state index contributed by atoms with van der Waals surface area (Å²) in [5, 5.41) is 3.66. The Balaban J connectivity index is 1.71. The van der Waals surface area contributed by atoms with Crippen molar-refractivity contribution in [1.82, 2.24) is 15.1 Å². The monoisotopic (exact) mass is 239 g/mol. The first-order chi connectivity index (χ1) is 8.07. The summed E-state index contributed by atoms with van der Waals surface area (Å²) in [6, 6.07) is 0. The topological polar surface area (TPSA) is 18.5 Å². The fraction of sp³-hybridized carbons (Fsp3) is 1.00. The van der Waals surface area contributed by atoms with E-state index in [1.54, 1.807) is 0 Å². The van der Waals surface area contributed by atoms with Gasteiger partial charge in [-0.25, -0.2) is 0 Å². The van der Waals surface area contributed by atoms with Crippen molar-refractivity contribution < 1.29 is 0 Å². The molecule has 0 radical (unpaired) electrons. The van der Waals surface area contributed by atoms with Gasteiger partial charge in [0.2, 0.25) is 0 Å². The molecule has 1 unspecified atom stereocenters. The van der Waals surface area contributed by atoms with Gasteiger partial charge in [0.15, 0.2) is 0 Å². The summed E-state index contributed by atoms with van der Waals surface area (Å²) in [5.74, 6) is 0.918. The van der Waals surface area contributed by atoms with Crippen molar-refractivity contribution in [2.24, 2.45) is 5.92 Å². The van der Waals surface area contributed by atoms with Crippen LogP contribution in [0.3, 0.4) is 0 Å². The third kappa shape index (κ3) is 3.94. The number of nitrogens with one attached hydrogen (secondary N) is 1. The molecule has 3 nitrogen and oxygen atoms in total. The number of piperidine rings is 1. The molecule has 0 amide bonds. The molecule has 0 aromatic rings. The van der Waals surface area contributed by atoms with Crippen LogP contribution >= 0.6 is 0 Å². The Morgan fingerprint density at radius 3 is 2.65 bits per heavy atom. The van der Waals surface area contributed by atoms with Gasteiger partial charge in [-0.1, -0.05) is 0 Å². The van der Waals surface area contributed by atoms with Crippen LogP contribution in [0, 0.1) is 5.92 Å². The summed E-state index contributed by atoms with van der Waals surface area (Å²) in [5.41, 5.74) is 0.375. The van der Waals surface area contributed by atoms with E-state index in [0.29, 0.717) is 5.54 Å². The average molecular weight is 239 g/mol. The highest BCUT2D eigenvalue weighted by Gasteiger charge is 2.30. The summed E-state index contributed by atoms with van der Waals surface area (Å²) in [6.45, 7) is 8.65. The van der Waals surface area contributed by atoms with Crippen LogP contribution in [0.2, 0.25) is 0 Å². The van der Waals surface area contributed by atoms with Crippen molar-refractivity contribution >= 4 is 0 Å².